The summed E-state index contributed by atoms with van der Waals surface area (Å²) in [7, 11) is -4.02. The van der Waals surface area contributed by atoms with Gasteiger partial charge in [0.25, 0.3) is 10.1 Å². The van der Waals surface area contributed by atoms with Crippen LogP contribution in [0.2, 0.25) is 0 Å². The van der Waals surface area contributed by atoms with Gasteiger partial charge in [-0.2, -0.15) is 8.42 Å². The SMILES string of the molecule is CC=CC(F)OS(=O)(=O)c1ccc(C)cc1. The highest BCUT2D eigenvalue weighted by molar-refractivity contribution is 7.86. The fourth-order valence-electron chi connectivity index (χ4n) is 1.06. The van der Waals surface area contributed by atoms with E-state index in [1.807, 2.05) is 6.92 Å². The lowest BCUT2D eigenvalue weighted by molar-refractivity contribution is 0.121. The maximum atomic E-state index is 13.0. The summed E-state index contributed by atoms with van der Waals surface area (Å²) >= 11 is 0. The summed E-state index contributed by atoms with van der Waals surface area (Å²) in [6.07, 6.45) is 0.456. The molecule has 88 valence electrons. The molecule has 1 atom stereocenters. The van der Waals surface area contributed by atoms with Crippen molar-refractivity contribution in [1.29, 1.82) is 0 Å². The molecule has 1 unspecified atom stereocenters. The second-order valence-corrected chi connectivity index (χ2v) is 4.81. The van der Waals surface area contributed by atoms with Gasteiger partial charge in [-0.15, -0.1) is 0 Å². The number of hydrogen-bond acceptors (Lipinski definition) is 3. The minimum absolute atomic E-state index is 0.0507. The molecule has 0 aromatic heterocycles. The van der Waals surface area contributed by atoms with Crippen LogP contribution in [0.4, 0.5) is 4.39 Å². The maximum absolute atomic E-state index is 13.0. The van der Waals surface area contributed by atoms with E-state index in [4.69, 9.17) is 0 Å². The monoisotopic (exact) mass is 244 g/mol. The maximum Gasteiger partial charge on any atom is 0.299 e. The van der Waals surface area contributed by atoms with E-state index in [1.54, 1.807) is 19.1 Å². The molecule has 5 heteroatoms. The zero-order valence-corrected chi connectivity index (χ0v) is 9.87. The Bertz CT molecular complexity index is 463. The minimum atomic E-state index is -4.02. The summed E-state index contributed by atoms with van der Waals surface area (Å²) in [4.78, 5) is -0.0507. The molecule has 0 N–H and O–H groups in total. The van der Waals surface area contributed by atoms with Crippen LogP contribution in [0.15, 0.2) is 41.3 Å². The zero-order chi connectivity index (χ0) is 12.2. The van der Waals surface area contributed by atoms with Gasteiger partial charge in [-0.1, -0.05) is 23.8 Å². The Morgan fingerprint density at radius 2 is 1.88 bits per heavy atom. The van der Waals surface area contributed by atoms with Gasteiger partial charge in [-0.05, 0) is 32.1 Å². The minimum Gasteiger partial charge on any atom is -0.225 e. The van der Waals surface area contributed by atoms with E-state index in [1.165, 1.54) is 18.2 Å². The number of halogens is 1. The van der Waals surface area contributed by atoms with Gasteiger partial charge in [-0.3, -0.25) is 0 Å². The van der Waals surface area contributed by atoms with Crippen molar-refractivity contribution < 1.29 is 17.0 Å². The van der Waals surface area contributed by atoms with E-state index < -0.39 is 16.5 Å². The molecule has 3 nitrogen and oxygen atoms in total. The van der Waals surface area contributed by atoms with Crippen molar-refractivity contribution in [3.05, 3.63) is 42.0 Å². The van der Waals surface area contributed by atoms with E-state index >= 15 is 0 Å². The van der Waals surface area contributed by atoms with Gasteiger partial charge >= 0.3 is 0 Å². The third-order valence-corrected chi connectivity index (χ3v) is 3.16. The van der Waals surface area contributed by atoms with Crippen LogP contribution < -0.4 is 0 Å². The lowest BCUT2D eigenvalue weighted by Gasteiger charge is -2.06. The summed E-state index contributed by atoms with van der Waals surface area (Å²) in [5.41, 5.74) is 0.921. The predicted molar refractivity (Wildman–Crippen MR) is 59.2 cm³/mol. The number of alkyl halides is 1. The molecule has 0 aliphatic heterocycles. The molecule has 0 aliphatic carbocycles. The number of allylic oxidation sites excluding steroid dienone is 1. The third-order valence-electron chi connectivity index (χ3n) is 1.87. The summed E-state index contributed by atoms with van der Waals surface area (Å²) < 4.78 is 40.4. The standard InChI is InChI=1S/C11H13FO3S/c1-3-4-11(12)15-16(13,14)10-7-5-9(2)6-8-10/h3-8,11H,1-2H3. The van der Waals surface area contributed by atoms with Gasteiger partial charge in [0.15, 0.2) is 0 Å². The van der Waals surface area contributed by atoms with Crippen molar-refractivity contribution in [2.45, 2.75) is 25.1 Å². The van der Waals surface area contributed by atoms with Crippen LogP contribution in [-0.4, -0.2) is 14.8 Å². The molecule has 1 aromatic rings. The fraction of sp³-hybridized carbons (Fsp3) is 0.273. The Balaban J connectivity index is 2.90. The van der Waals surface area contributed by atoms with Gasteiger partial charge in [0, 0.05) is 0 Å². The molecule has 16 heavy (non-hydrogen) atoms. The normalized spacial score (nSPS) is 14.2. The van der Waals surface area contributed by atoms with Crippen molar-refractivity contribution >= 4 is 10.1 Å². The summed E-state index contributed by atoms with van der Waals surface area (Å²) in [6, 6.07) is 6.01. The molecule has 0 fully saturated rings. The Morgan fingerprint density at radius 1 is 1.31 bits per heavy atom. The highest BCUT2D eigenvalue weighted by Crippen LogP contribution is 2.15. The Kier molecular flexibility index (Phi) is 4.20. The van der Waals surface area contributed by atoms with Crippen molar-refractivity contribution in [3.63, 3.8) is 0 Å². The summed E-state index contributed by atoms with van der Waals surface area (Å²) in [5, 5.41) is 0. The van der Waals surface area contributed by atoms with Crippen molar-refractivity contribution in [2.75, 3.05) is 0 Å². The molecule has 0 saturated heterocycles. The molecule has 0 amide bonds. The molecule has 0 saturated carbocycles. The van der Waals surface area contributed by atoms with E-state index in [-0.39, 0.29) is 4.90 Å². The number of benzene rings is 1. The highest BCUT2D eigenvalue weighted by Gasteiger charge is 2.19. The van der Waals surface area contributed by atoms with Gasteiger partial charge < -0.3 is 0 Å². The molecular formula is C11H13FO3S. The number of aryl methyl sites for hydroxylation is 1. The quantitative estimate of drug-likeness (QED) is 0.604. The first-order chi connectivity index (χ1) is 7.45. The first-order valence-electron chi connectivity index (χ1n) is 4.72. The third kappa shape index (κ3) is 3.43. The average Bonchev–Trinajstić information content (AvgIpc) is 2.17. The molecule has 1 aromatic carbocycles. The molecule has 0 heterocycles. The second kappa shape index (κ2) is 5.23. The fourth-order valence-corrected chi connectivity index (χ4v) is 1.95. The van der Waals surface area contributed by atoms with E-state index in [0.717, 1.165) is 11.6 Å². The van der Waals surface area contributed by atoms with Crippen LogP contribution in [0.25, 0.3) is 0 Å². The molecule has 0 radical (unpaired) electrons. The first-order valence-corrected chi connectivity index (χ1v) is 6.13. The van der Waals surface area contributed by atoms with Crippen LogP contribution in [-0.2, 0) is 14.3 Å². The zero-order valence-electron chi connectivity index (χ0n) is 9.05. The topological polar surface area (TPSA) is 43.4 Å². The summed E-state index contributed by atoms with van der Waals surface area (Å²) in [6.45, 7) is 3.41. The van der Waals surface area contributed by atoms with Crippen molar-refractivity contribution in [3.8, 4) is 0 Å². The Labute approximate surface area is 94.7 Å². The molecule has 1 rings (SSSR count). The largest absolute Gasteiger partial charge is 0.299 e. The molecule has 0 aliphatic rings. The van der Waals surface area contributed by atoms with Crippen LogP contribution in [0, 0.1) is 6.92 Å². The first kappa shape index (κ1) is 12.9. The van der Waals surface area contributed by atoms with Crippen LogP contribution in [0.1, 0.15) is 12.5 Å². The van der Waals surface area contributed by atoms with Crippen molar-refractivity contribution in [2.24, 2.45) is 0 Å². The molecule has 0 spiro atoms. The molecule has 0 bridgehead atoms. The lowest BCUT2D eigenvalue weighted by atomic mass is 10.2. The average molecular weight is 244 g/mol. The lowest BCUT2D eigenvalue weighted by Crippen LogP contribution is -2.12. The van der Waals surface area contributed by atoms with Crippen LogP contribution >= 0.6 is 0 Å². The van der Waals surface area contributed by atoms with Crippen LogP contribution in [0.3, 0.4) is 0 Å². The van der Waals surface area contributed by atoms with E-state index in [9.17, 15) is 12.8 Å². The van der Waals surface area contributed by atoms with E-state index in [0.29, 0.717) is 0 Å². The van der Waals surface area contributed by atoms with E-state index in [2.05, 4.69) is 4.18 Å². The van der Waals surface area contributed by atoms with Gasteiger partial charge in [0.05, 0.1) is 4.90 Å². The van der Waals surface area contributed by atoms with Gasteiger partial charge in [0.2, 0.25) is 6.36 Å². The summed E-state index contributed by atoms with van der Waals surface area (Å²) in [5.74, 6) is 0. The van der Waals surface area contributed by atoms with Crippen molar-refractivity contribution in [1.82, 2.24) is 0 Å². The number of rotatable bonds is 4. The van der Waals surface area contributed by atoms with Gasteiger partial charge in [0.1, 0.15) is 0 Å². The highest BCUT2D eigenvalue weighted by atomic mass is 32.2. The Morgan fingerprint density at radius 3 is 2.38 bits per heavy atom. The second-order valence-electron chi connectivity index (χ2n) is 3.24. The smallest absolute Gasteiger partial charge is 0.225 e. The number of hydrogen-bond donors (Lipinski definition) is 0. The predicted octanol–water partition coefficient (Wildman–Crippen LogP) is 2.57. The van der Waals surface area contributed by atoms with Gasteiger partial charge in [-0.25, -0.2) is 8.57 Å². The Hall–Kier alpha value is -1.20. The molecular weight excluding hydrogens is 231 g/mol. The van der Waals surface area contributed by atoms with Crippen LogP contribution in [0.5, 0.6) is 0 Å².